The van der Waals surface area contributed by atoms with Crippen molar-refractivity contribution in [1.29, 1.82) is 0 Å². The number of pyridine rings is 1. The summed E-state index contributed by atoms with van der Waals surface area (Å²) in [6.45, 7) is 2.69. The number of hydrogen-bond acceptors (Lipinski definition) is 4. The van der Waals surface area contributed by atoms with Crippen molar-refractivity contribution in [3.63, 3.8) is 0 Å². The molecular weight excluding hydrogens is 302 g/mol. The Hall–Kier alpha value is -0.940. The average molecular weight is 322 g/mol. The van der Waals surface area contributed by atoms with Gasteiger partial charge >= 0.3 is 0 Å². The fraction of sp³-hybridized carbons (Fsp3) is 0.438. The van der Waals surface area contributed by atoms with Gasteiger partial charge in [-0.3, -0.25) is 9.88 Å². The Morgan fingerprint density at radius 1 is 1.29 bits per heavy atom. The van der Waals surface area contributed by atoms with Crippen LogP contribution in [0.4, 0.5) is 0 Å². The fourth-order valence-corrected chi connectivity index (χ4v) is 3.41. The van der Waals surface area contributed by atoms with Crippen molar-refractivity contribution in [3.8, 4) is 0 Å². The minimum atomic E-state index is 0.744. The van der Waals surface area contributed by atoms with Crippen LogP contribution < -0.4 is 5.32 Å². The first-order valence-electron chi connectivity index (χ1n) is 7.29. The van der Waals surface area contributed by atoms with Gasteiger partial charge < -0.3 is 5.32 Å². The molecule has 1 fully saturated rings. The zero-order valence-electron chi connectivity index (χ0n) is 12.2. The van der Waals surface area contributed by atoms with Crippen molar-refractivity contribution in [2.24, 2.45) is 0 Å². The Kier molecular flexibility index (Phi) is 4.91. The molecule has 0 saturated heterocycles. The quantitative estimate of drug-likeness (QED) is 0.843. The van der Waals surface area contributed by atoms with Crippen molar-refractivity contribution in [3.05, 3.63) is 50.9 Å². The van der Waals surface area contributed by atoms with Gasteiger partial charge in [-0.15, -0.1) is 11.3 Å². The molecule has 2 aromatic heterocycles. The number of nitrogens with one attached hydrogen (secondary N) is 1. The molecule has 2 aromatic rings. The molecule has 1 saturated carbocycles. The Morgan fingerprint density at radius 2 is 2.14 bits per heavy atom. The maximum absolute atomic E-state index is 5.96. The molecule has 112 valence electrons. The van der Waals surface area contributed by atoms with Crippen LogP contribution >= 0.6 is 22.9 Å². The second kappa shape index (κ2) is 6.88. The normalized spacial score (nSPS) is 14.8. The van der Waals surface area contributed by atoms with Gasteiger partial charge in [0.1, 0.15) is 0 Å². The van der Waals surface area contributed by atoms with E-state index < -0.39 is 0 Å². The second-order valence-electron chi connectivity index (χ2n) is 5.69. The predicted molar refractivity (Wildman–Crippen MR) is 88.6 cm³/mol. The lowest BCUT2D eigenvalue weighted by molar-refractivity contribution is 0.318. The van der Waals surface area contributed by atoms with Crippen LogP contribution in [0.25, 0.3) is 0 Å². The largest absolute Gasteiger partial charge is 0.310 e. The number of halogens is 1. The Balaban J connectivity index is 1.49. The first-order valence-corrected chi connectivity index (χ1v) is 8.48. The molecule has 1 aliphatic carbocycles. The highest BCUT2D eigenvalue weighted by atomic mass is 35.5. The molecule has 0 atom stereocenters. The minimum Gasteiger partial charge on any atom is -0.310 e. The van der Waals surface area contributed by atoms with Gasteiger partial charge in [0.2, 0.25) is 0 Å². The lowest BCUT2D eigenvalue weighted by Gasteiger charge is -2.15. The summed E-state index contributed by atoms with van der Waals surface area (Å²) in [6.07, 6.45) is 4.63. The third-order valence-electron chi connectivity index (χ3n) is 3.54. The first kappa shape index (κ1) is 15.0. The standard InChI is InChI=1S/C16H20ClN3S/c1-20(11-15-6-7-16(17)21-15)10-14-3-2-12(9-19-14)8-18-13-4-5-13/h2-3,6-7,9,13,18H,4-5,8,10-11H2,1H3. The molecule has 0 unspecified atom stereocenters. The number of nitrogens with zero attached hydrogens (tertiary/aromatic N) is 2. The van der Waals surface area contributed by atoms with E-state index in [9.17, 15) is 0 Å². The topological polar surface area (TPSA) is 28.2 Å². The molecular formula is C16H20ClN3S. The van der Waals surface area contributed by atoms with Crippen LogP contribution in [-0.4, -0.2) is 23.0 Å². The first-order chi connectivity index (χ1) is 10.2. The van der Waals surface area contributed by atoms with Crippen molar-refractivity contribution in [1.82, 2.24) is 15.2 Å². The maximum atomic E-state index is 5.96. The number of rotatable bonds is 7. The molecule has 0 radical (unpaired) electrons. The number of aromatic nitrogens is 1. The zero-order valence-corrected chi connectivity index (χ0v) is 13.8. The van der Waals surface area contributed by atoms with Gasteiger partial charge in [-0.25, -0.2) is 0 Å². The summed E-state index contributed by atoms with van der Waals surface area (Å²) in [5.74, 6) is 0. The smallest absolute Gasteiger partial charge is 0.0931 e. The van der Waals surface area contributed by atoms with Gasteiger partial charge in [-0.05, 0) is 43.7 Å². The highest BCUT2D eigenvalue weighted by molar-refractivity contribution is 7.16. The van der Waals surface area contributed by atoms with Gasteiger partial charge in [-0.1, -0.05) is 17.7 Å². The lowest BCUT2D eigenvalue weighted by Crippen LogP contribution is -2.18. The summed E-state index contributed by atoms with van der Waals surface area (Å²) >= 11 is 7.60. The van der Waals surface area contributed by atoms with Crippen molar-refractivity contribution in [2.45, 2.75) is 38.5 Å². The van der Waals surface area contributed by atoms with E-state index in [0.717, 1.165) is 35.7 Å². The molecule has 3 rings (SSSR count). The van der Waals surface area contributed by atoms with Crippen LogP contribution in [0.5, 0.6) is 0 Å². The van der Waals surface area contributed by atoms with Gasteiger partial charge in [0, 0.05) is 36.8 Å². The molecule has 0 bridgehead atoms. The van der Waals surface area contributed by atoms with Gasteiger partial charge in [-0.2, -0.15) is 0 Å². The van der Waals surface area contributed by atoms with Gasteiger partial charge in [0.05, 0.1) is 10.0 Å². The molecule has 0 spiro atoms. The van der Waals surface area contributed by atoms with E-state index in [2.05, 4.69) is 40.4 Å². The molecule has 3 nitrogen and oxygen atoms in total. The molecule has 5 heteroatoms. The van der Waals surface area contributed by atoms with E-state index in [4.69, 9.17) is 11.6 Å². The van der Waals surface area contributed by atoms with Gasteiger partial charge in [0.25, 0.3) is 0 Å². The van der Waals surface area contributed by atoms with Crippen LogP contribution in [0.15, 0.2) is 30.5 Å². The number of hydrogen-bond donors (Lipinski definition) is 1. The zero-order chi connectivity index (χ0) is 14.7. The molecule has 1 N–H and O–H groups in total. The summed E-state index contributed by atoms with van der Waals surface area (Å²) in [5.41, 5.74) is 2.37. The van der Waals surface area contributed by atoms with Crippen LogP contribution in [0, 0.1) is 0 Å². The van der Waals surface area contributed by atoms with E-state index in [1.165, 1.54) is 23.3 Å². The van der Waals surface area contributed by atoms with E-state index in [1.54, 1.807) is 11.3 Å². The summed E-state index contributed by atoms with van der Waals surface area (Å²) in [4.78, 5) is 8.10. The van der Waals surface area contributed by atoms with E-state index in [0.29, 0.717) is 0 Å². The van der Waals surface area contributed by atoms with Crippen LogP contribution in [0.1, 0.15) is 29.0 Å². The molecule has 1 aliphatic rings. The molecule has 0 amide bonds. The summed E-state index contributed by atoms with van der Waals surface area (Å²) < 4.78 is 0.851. The second-order valence-corrected chi connectivity index (χ2v) is 7.49. The van der Waals surface area contributed by atoms with Crippen molar-refractivity contribution in [2.75, 3.05) is 7.05 Å². The Morgan fingerprint density at radius 3 is 2.76 bits per heavy atom. The van der Waals surface area contributed by atoms with Crippen LogP contribution in [0.3, 0.4) is 0 Å². The predicted octanol–water partition coefficient (Wildman–Crippen LogP) is 3.68. The van der Waals surface area contributed by atoms with Crippen LogP contribution in [-0.2, 0) is 19.6 Å². The fourth-order valence-electron chi connectivity index (χ4n) is 2.24. The lowest BCUT2D eigenvalue weighted by atomic mass is 10.2. The summed E-state index contributed by atoms with van der Waals surface area (Å²) in [5, 5.41) is 3.51. The highest BCUT2D eigenvalue weighted by Crippen LogP contribution is 2.22. The molecule has 21 heavy (non-hydrogen) atoms. The summed E-state index contributed by atoms with van der Waals surface area (Å²) in [6, 6.07) is 9.09. The van der Waals surface area contributed by atoms with E-state index in [1.807, 2.05) is 12.3 Å². The van der Waals surface area contributed by atoms with Crippen LogP contribution in [0.2, 0.25) is 4.34 Å². The van der Waals surface area contributed by atoms with E-state index >= 15 is 0 Å². The molecule has 2 heterocycles. The van der Waals surface area contributed by atoms with Crippen molar-refractivity contribution < 1.29 is 0 Å². The Bertz CT molecular complexity index is 577. The highest BCUT2D eigenvalue weighted by Gasteiger charge is 2.19. The van der Waals surface area contributed by atoms with Gasteiger partial charge in [0.15, 0.2) is 0 Å². The monoisotopic (exact) mass is 321 g/mol. The SMILES string of the molecule is CN(Cc1ccc(CNC2CC2)cn1)Cc1ccc(Cl)s1. The Labute approximate surface area is 135 Å². The minimum absolute atomic E-state index is 0.744. The average Bonchev–Trinajstić information content (AvgIpc) is 3.21. The third-order valence-corrected chi connectivity index (χ3v) is 4.76. The van der Waals surface area contributed by atoms with Crippen molar-refractivity contribution >= 4 is 22.9 Å². The van der Waals surface area contributed by atoms with E-state index in [-0.39, 0.29) is 0 Å². The number of thiophene rings is 1. The summed E-state index contributed by atoms with van der Waals surface area (Å²) in [7, 11) is 2.11. The molecule has 0 aliphatic heterocycles. The molecule has 0 aromatic carbocycles. The maximum Gasteiger partial charge on any atom is 0.0931 e. The third kappa shape index (κ3) is 4.78.